The fourth-order valence-electron chi connectivity index (χ4n) is 2.00. The van der Waals surface area contributed by atoms with Crippen LogP contribution in [0.4, 0.5) is 0 Å². The topological polar surface area (TPSA) is 24.5 Å². The van der Waals surface area contributed by atoms with Gasteiger partial charge in [-0.3, -0.25) is 0 Å². The van der Waals surface area contributed by atoms with Crippen LogP contribution in [0, 0.1) is 0 Å². The molecule has 0 bridgehead atoms. The van der Waals surface area contributed by atoms with Crippen molar-refractivity contribution in [2.75, 3.05) is 33.8 Å². The number of hydrogen-bond acceptors (Lipinski definition) is 3. The molecule has 3 heteroatoms. The second kappa shape index (κ2) is 10.7. The van der Waals surface area contributed by atoms with Gasteiger partial charge in [0.25, 0.3) is 0 Å². The summed E-state index contributed by atoms with van der Waals surface area (Å²) in [6.45, 7) is 6.17. The van der Waals surface area contributed by atoms with Gasteiger partial charge in [0.1, 0.15) is 5.75 Å². The quantitative estimate of drug-likeness (QED) is 0.629. The minimum Gasteiger partial charge on any atom is -0.494 e. The first kappa shape index (κ1) is 17.0. The Hall–Kier alpha value is -1.06. The summed E-state index contributed by atoms with van der Waals surface area (Å²) in [4.78, 5) is 2.21. The van der Waals surface area contributed by atoms with Crippen LogP contribution in [0.1, 0.15) is 38.2 Å². The number of nitrogens with zero attached hydrogens (tertiary/aromatic N) is 1. The fourth-order valence-corrected chi connectivity index (χ4v) is 2.00. The van der Waals surface area contributed by atoms with Crippen molar-refractivity contribution < 1.29 is 4.74 Å². The third-order valence-corrected chi connectivity index (χ3v) is 3.23. The number of ether oxygens (including phenoxy) is 1. The van der Waals surface area contributed by atoms with Crippen LogP contribution in [0.5, 0.6) is 5.75 Å². The van der Waals surface area contributed by atoms with Crippen molar-refractivity contribution in [3.63, 3.8) is 0 Å². The molecule has 114 valence electrons. The van der Waals surface area contributed by atoms with E-state index in [1.165, 1.54) is 24.8 Å². The fraction of sp³-hybridized carbons (Fsp3) is 0.647. The second-order valence-corrected chi connectivity index (χ2v) is 5.53. The van der Waals surface area contributed by atoms with Gasteiger partial charge >= 0.3 is 0 Å². The third kappa shape index (κ3) is 8.18. The van der Waals surface area contributed by atoms with Gasteiger partial charge in [0, 0.05) is 6.54 Å². The van der Waals surface area contributed by atoms with Gasteiger partial charge in [0.05, 0.1) is 6.61 Å². The van der Waals surface area contributed by atoms with Crippen molar-refractivity contribution in [3.8, 4) is 5.75 Å². The smallest absolute Gasteiger partial charge is 0.119 e. The summed E-state index contributed by atoms with van der Waals surface area (Å²) in [7, 11) is 4.22. The largest absolute Gasteiger partial charge is 0.494 e. The van der Waals surface area contributed by atoms with Gasteiger partial charge in [-0.1, -0.05) is 31.9 Å². The van der Waals surface area contributed by atoms with Gasteiger partial charge in [0.15, 0.2) is 0 Å². The van der Waals surface area contributed by atoms with Crippen molar-refractivity contribution >= 4 is 0 Å². The molecule has 0 fully saturated rings. The lowest BCUT2D eigenvalue weighted by atomic mass is 10.2. The molecule has 20 heavy (non-hydrogen) atoms. The van der Waals surface area contributed by atoms with Gasteiger partial charge in [0.2, 0.25) is 0 Å². The van der Waals surface area contributed by atoms with Crippen LogP contribution in [0.3, 0.4) is 0 Å². The van der Waals surface area contributed by atoms with E-state index in [0.29, 0.717) is 0 Å². The molecule has 0 unspecified atom stereocenters. The standard InChI is InChI=1S/C17H30N2O/c1-4-5-6-14-20-17-10-8-16(9-11-17)15-18-12-7-13-19(2)3/h8-11,18H,4-7,12-15H2,1-3H3. The van der Waals surface area contributed by atoms with Crippen molar-refractivity contribution in [1.82, 2.24) is 10.2 Å². The molecule has 0 aromatic heterocycles. The average Bonchev–Trinajstić information content (AvgIpc) is 2.44. The van der Waals surface area contributed by atoms with Crippen molar-refractivity contribution in [2.24, 2.45) is 0 Å². The number of rotatable bonds is 11. The van der Waals surface area contributed by atoms with E-state index in [1.54, 1.807) is 0 Å². The summed E-state index contributed by atoms with van der Waals surface area (Å²) in [6, 6.07) is 8.44. The molecule has 0 saturated heterocycles. The van der Waals surface area contributed by atoms with Crippen molar-refractivity contribution in [3.05, 3.63) is 29.8 Å². The maximum absolute atomic E-state index is 5.71. The maximum Gasteiger partial charge on any atom is 0.119 e. The summed E-state index contributed by atoms with van der Waals surface area (Å²) < 4.78 is 5.71. The average molecular weight is 278 g/mol. The van der Waals surface area contributed by atoms with Crippen molar-refractivity contribution in [1.29, 1.82) is 0 Å². The zero-order chi connectivity index (χ0) is 14.6. The highest BCUT2D eigenvalue weighted by atomic mass is 16.5. The van der Waals surface area contributed by atoms with E-state index in [0.717, 1.165) is 38.4 Å². The molecule has 3 nitrogen and oxygen atoms in total. The summed E-state index contributed by atoms with van der Waals surface area (Å²) >= 11 is 0. The lowest BCUT2D eigenvalue weighted by Crippen LogP contribution is -2.20. The zero-order valence-corrected chi connectivity index (χ0v) is 13.3. The predicted octanol–water partition coefficient (Wildman–Crippen LogP) is 3.30. The molecule has 0 spiro atoms. The lowest BCUT2D eigenvalue weighted by Gasteiger charge is -2.10. The Morgan fingerprint density at radius 1 is 1.05 bits per heavy atom. The molecule has 1 rings (SSSR count). The number of nitrogens with one attached hydrogen (secondary N) is 1. The van der Waals surface area contributed by atoms with Crippen LogP contribution in [0.2, 0.25) is 0 Å². The molecule has 0 aliphatic rings. The zero-order valence-electron chi connectivity index (χ0n) is 13.3. The van der Waals surface area contributed by atoms with Crippen LogP contribution in [0.15, 0.2) is 24.3 Å². The molecule has 0 aliphatic heterocycles. The Morgan fingerprint density at radius 3 is 2.45 bits per heavy atom. The summed E-state index contributed by atoms with van der Waals surface area (Å²) in [5, 5.41) is 3.47. The highest BCUT2D eigenvalue weighted by Gasteiger charge is 1.96. The predicted molar refractivity (Wildman–Crippen MR) is 86.3 cm³/mol. The molecule has 0 aliphatic carbocycles. The first-order chi connectivity index (χ1) is 9.72. The highest BCUT2D eigenvalue weighted by Crippen LogP contribution is 2.12. The molecule has 0 saturated carbocycles. The first-order valence-electron chi connectivity index (χ1n) is 7.79. The molecular weight excluding hydrogens is 248 g/mol. The van der Waals surface area contributed by atoms with E-state index in [4.69, 9.17) is 4.74 Å². The van der Waals surface area contributed by atoms with E-state index in [1.807, 2.05) is 0 Å². The second-order valence-electron chi connectivity index (χ2n) is 5.53. The lowest BCUT2D eigenvalue weighted by molar-refractivity contribution is 0.306. The first-order valence-corrected chi connectivity index (χ1v) is 7.79. The van der Waals surface area contributed by atoms with E-state index in [-0.39, 0.29) is 0 Å². The van der Waals surface area contributed by atoms with Crippen LogP contribution in [-0.4, -0.2) is 38.7 Å². The molecule has 1 N–H and O–H groups in total. The Kier molecular flexibility index (Phi) is 9.09. The molecule has 1 aromatic rings. The molecule has 0 radical (unpaired) electrons. The number of hydrogen-bond donors (Lipinski definition) is 1. The SMILES string of the molecule is CCCCCOc1ccc(CNCCCN(C)C)cc1. The Bertz CT molecular complexity index is 335. The number of unbranched alkanes of at least 4 members (excludes halogenated alkanes) is 2. The van der Waals surface area contributed by atoms with Gasteiger partial charge < -0.3 is 15.0 Å². The summed E-state index contributed by atoms with van der Waals surface area (Å²) in [5.41, 5.74) is 1.32. The van der Waals surface area contributed by atoms with Gasteiger partial charge in [-0.05, 0) is 57.7 Å². The molecular formula is C17H30N2O. The normalized spacial score (nSPS) is 11.0. The Balaban J connectivity index is 2.15. The van der Waals surface area contributed by atoms with Gasteiger partial charge in [-0.25, -0.2) is 0 Å². The Morgan fingerprint density at radius 2 is 1.80 bits per heavy atom. The Labute approximate surface area is 124 Å². The van der Waals surface area contributed by atoms with Crippen LogP contribution in [-0.2, 0) is 6.54 Å². The molecule has 1 aromatic carbocycles. The molecule has 0 atom stereocenters. The number of benzene rings is 1. The highest BCUT2D eigenvalue weighted by molar-refractivity contribution is 5.27. The summed E-state index contributed by atoms with van der Waals surface area (Å²) in [6.07, 6.45) is 4.81. The van der Waals surface area contributed by atoms with E-state index < -0.39 is 0 Å². The van der Waals surface area contributed by atoms with Crippen molar-refractivity contribution in [2.45, 2.75) is 39.2 Å². The van der Waals surface area contributed by atoms with Crippen LogP contribution >= 0.6 is 0 Å². The van der Waals surface area contributed by atoms with Crippen LogP contribution in [0.25, 0.3) is 0 Å². The molecule has 0 heterocycles. The van der Waals surface area contributed by atoms with E-state index in [9.17, 15) is 0 Å². The van der Waals surface area contributed by atoms with Gasteiger partial charge in [-0.2, -0.15) is 0 Å². The third-order valence-electron chi connectivity index (χ3n) is 3.23. The molecule has 0 amide bonds. The monoisotopic (exact) mass is 278 g/mol. The summed E-state index contributed by atoms with van der Waals surface area (Å²) in [5.74, 6) is 0.984. The maximum atomic E-state index is 5.71. The minimum absolute atomic E-state index is 0.829. The minimum atomic E-state index is 0.829. The van der Waals surface area contributed by atoms with Gasteiger partial charge in [-0.15, -0.1) is 0 Å². The van der Waals surface area contributed by atoms with E-state index >= 15 is 0 Å². The van der Waals surface area contributed by atoms with E-state index in [2.05, 4.69) is 55.5 Å². The van der Waals surface area contributed by atoms with Crippen LogP contribution < -0.4 is 10.1 Å².